The molecule has 2 saturated heterocycles. The van der Waals surface area contributed by atoms with Gasteiger partial charge in [0.2, 0.25) is 11.8 Å². The van der Waals surface area contributed by atoms with Gasteiger partial charge in [0, 0.05) is 11.6 Å². The van der Waals surface area contributed by atoms with Crippen molar-refractivity contribution in [1.29, 1.82) is 0 Å². The zero-order valence-electron chi connectivity index (χ0n) is 19.7. The lowest BCUT2D eigenvalue weighted by Crippen LogP contribution is -2.62. The Bertz CT molecular complexity index is 1120. The number of methoxy groups -OCH3 is 1. The van der Waals surface area contributed by atoms with Crippen LogP contribution in [0.4, 0.5) is 5.69 Å². The maximum Gasteiger partial charge on any atom is 0.327 e. The number of aliphatic carboxylic acids is 1. The summed E-state index contributed by atoms with van der Waals surface area (Å²) >= 11 is 0. The van der Waals surface area contributed by atoms with Gasteiger partial charge in [0.15, 0.2) is 5.54 Å². The molecule has 8 heteroatoms. The van der Waals surface area contributed by atoms with Crippen LogP contribution in [0.5, 0.6) is 5.75 Å². The van der Waals surface area contributed by atoms with Crippen LogP contribution in [-0.4, -0.2) is 46.7 Å². The number of ether oxygens (including phenoxy) is 1. The van der Waals surface area contributed by atoms with Crippen molar-refractivity contribution in [2.75, 3.05) is 12.0 Å². The van der Waals surface area contributed by atoms with Crippen molar-refractivity contribution in [3.63, 3.8) is 0 Å². The quantitative estimate of drug-likeness (QED) is 0.537. The predicted molar refractivity (Wildman–Crippen MR) is 126 cm³/mol. The number of para-hydroxylation sites is 2. The third-order valence-corrected chi connectivity index (χ3v) is 7.27. The number of hydrogen-bond acceptors (Lipinski definition) is 6. The highest BCUT2D eigenvalue weighted by Gasteiger charge is 2.70. The fourth-order valence-electron chi connectivity index (χ4n) is 5.61. The number of imide groups is 1. The average molecular weight is 467 g/mol. The summed E-state index contributed by atoms with van der Waals surface area (Å²) in [6.45, 7) is 5.22. The minimum atomic E-state index is -2.04. The molecular weight excluding hydrogens is 436 g/mol. The first kappa shape index (κ1) is 23.9. The number of carbonyl (C=O) groups excluding carboxylic acids is 2. The van der Waals surface area contributed by atoms with Crippen molar-refractivity contribution in [3.05, 3.63) is 59.2 Å². The van der Waals surface area contributed by atoms with Crippen molar-refractivity contribution < 1.29 is 29.3 Å². The summed E-state index contributed by atoms with van der Waals surface area (Å²) in [4.78, 5) is 41.8. The number of aliphatic hydroxyl groups is 1. The van der Waals surface area contributed by atoms with E-state index in [4.69, 9.17) is 4.74 Å². The number of carbonyl (C=O) groups is 3. The lowest BCUT2D eigenvalue weighted by Gasteiger charge is -2.34. The van der Waals surface area contributed by atoms with Gasteiger partial charge in [-0.15, -0.1) is 0 Å². The van der Waals surface area contributed by atoms with E-state index < -0.39 is 47.3 Å². The van der Waals surface area contributed by atoms with E-state index in [1.165, 1.54) is 14.0 Å². The summed E-state index contributed by atoms with van der Waals surface area (Å²) in [5, 5.41) is 24.0. The number of amides is 2. The molecule has 180 valence electrons. The second-order valence-corrected chi connectivity index (χ2v) is 8.86. The third kappa shape index (κ3) is 3.24. The largest absolute Gasteiger partial charge is 0.496 e. The first-order chi connectivity index (χ1) is 16.2. The lowest BCUT2D eigenvalue weighted by atomic mass is 9.76. The molecule has 5 atom stereocenters. The number of nitrogens with zero attached hydrogens (tertiary/aromatic N) is 1. The van der Waals surface area contributed by atoms with Crippen LogP contribution < -0.4 is 15.0 Å². The van der Waals surface area contributed by atoms with Gasteiger partial charge in [-0.2, -0.15) is 0 Å². The molecule has 2 aromatic rings. The molecule has 4 rings (SSSR count). The van der Waals surface area contributed by atoms with Crippen LogP contribution in [0.2, 0.25) is 0 Å². The molecule has 2 heterocycles. The van der Waals surface area contributed by atoms with E-state index in [-0.39, 0.29) is 0 Å². The summed E-state index contributed by atoms with van der Waals surface area (Å²) in [5.41, 5.74) is 0.721. The molecule has 0 spiro atoms. The van der Waals surface area contributed by atoms with Gasteiger partial charge >= 0.3 is 5.97 Å². The van der Waals surface area contributed by atoms with Gasteiger partial charge in [-0.25, -0.2) is 4.90 Å². The molecule has 8 nitrogen and oxygen atoms in total. The number of hydrogen-bond donors (Lipinski definition) is 3. The summed E-state index contributed by atoms with van der Waals surface area (Å²) in [6.07, 6.45) is -0.241. The van der Waals surface area contributed by atoms with Gasteiger partial charge in [-0.3, -0.25) is 19.7 Å². The summed E-state index contributed by atoms with van der Waals surface area (Å²) in [6, 6.07) is 11.8. The molecule has 0 saturated carbocycles. The topological polar surface area (TPSA) is 116 Å². The van der Waals surface area contributed by atoms with Crippen LogP contribution in [0.3, 0.4) is 0 Å². The Morgan fingerprint density at radius 3 is 2.24 bits per heavy atom. The molecule has 0 radical (unpaired) electrons. The van der Waals surface area contributed by atoms with Gasteiger partial charge in [-0.05, 0) is 37.0 Å². The highest BCUT2D eigenvalue weighted by atomic mass is 16.5. The Labute approximate surface area is 198 Å². The van der Waals surface area contributed by atoms with Crippen LogP contribution in [0.1, 0.15) is 43.5 Å². The fraction of sp³-hybridized carbons (Fsp3) is 0.423. The minimum absolute atomic E-state index is 0.465. The molecule has 5 unspecified atom stereocenters. The molecule has 2 aliphatic heterocycles. The second kappa shape index (κ2) is 8.85. The lowest BCUT2D eigenvalue weighted by molar-refractivity contribution is -0.154. The van der Waals surface area contributed by atoms with E-state index in [1.807, 2.05) is 32.0 Å². The average Bonchev–Trinajstić information content (AvgIpc) is 3.33. The van der Waals surface area contributed by atoms with Crippen LogP contribution in [0.25, 0.3) is 0 Å². The van der Waals surface area contributed by atoms with E-state index in [9.17, 15) is 24.6 Å². The Morgan fingerprint density at radius 1 is 1.09 bits per heavy atom. The van der Waals surface area contributed by atoms with E-state index >= 15 is 0 Å². The van der Waals surface area contributed by atoms with Crippen molar-refractivity contribution in [2.45, 2.75) is 51.3 Å². The maximum absolute atomic E-state index is 14.0. The minimum Gasteiger partial charge on any atom is -0.496 e. The first-order valence-corrected chi connectivity index (χ1v) is 11.5. The van der Waals surface area contributed by atoms with Crippen molar-refractivity contribution >= 4 is 23.5 Å². The number of nitrogens with one attached hydrogen (secondary N) is 1. The number of aliphatic hydroxyl groups excluding tert-OH is 1. The summed E-state index contributed by atoms with van der Waals surface area (Å²) < 4.78 is 5.48. The van der Waals surface area contributed by atoms with E-state index in [0.717, 1.165) is 16.0 Å². The number of aryl methyl sites for hydroxylation is 2. The van der Waals surface area contributed by atoms with Crippen LogP contribution in [0, 0.1) is 11.8 Å². The fourth-order valence-corrected chi connectivity index (χ4v) is 5.61. The highest BCUT2D eigenvalue weighted by Crippen LogP contribution is 2.52. The Kier molecular flexibility index (Phi) is 6.22. The zero-order valence-corrected chi connectivity index (χ0v) is 19.7. The number of benzene rings is 2. The van der Waals surface area contributed by atoms with Crippen LogP contribution in [0.15, 0.2) is 42.5 Å². The van der Waals surface area contributed by atoms with Gasteiger partial charge in [0.1, 0.15) is 5.75 Å². The molecule has 34 heavy (non-hydrogen) atoms. The summed E-state index contributed by atoms with van der Waals surface area (Å²) in [7, 11) is 1.49. The van der Waals surface area contributed by atoms with E-state index in [1.54, 1.807) is 24.3 Å². The Balaban J connectivity index is 1.95. The SMILES string of the molecule is CCc1cccc(CC)c1N1C(=O)C2C(c3ccccc3OC)NC(C(=O)O)(C(C)O)C2C1=O. The van der Waals surface area contributed by atoms with Gasteiger partial charge < -0.3 is 14.9 Å². The van der Waals surface area contributed by atoms with Crippen LogP contribution in [-0.2, 0) is 27.2 Å². The number of carboxylic acid groups (broad SMARTS) is 1. The van der Waals surface area contributed by atoms with E-state index in [0.29, 0.717) is 29.8 Å². The number of rotatable bonds is 7. The molecule has 0 aromatic heterocycles. The van der Waals surface area contributed by atoms with Crippen LogP contribution >= 0.6 is 0 Å². The molecule has 2 amide bonds. The standard InChI is InChI=1S/C26H30N2O6/c1-5-15-10-9-11-16(6-2)22(15)28-23(30)19-20(24(28)31)26(14(3)29,25(32)33)27-21(19)17-12-7-8-13-18(17)34-4/h7-14,19-21,27,29H,5-6H2,1-4H3,(H,32,33). The number of anilines is 1. The van der Waals surface area contributed by atoms with Gasteiger partial charge in [0.05, 0.1) is 30.7 Å². The molecule has 0 aliphatic carbocycles. The second-order valence-electron chi connectivity index (χ2n) is 8.86. The molecule has 3 N–H and O–H groups in total. The normalized spacial score (nSPS) is 27.1. The third-order valence-electron chi connectivity index (χ3n) is 7.27. The molecule has 0 bridgehead atoms. The predicted octanol–water partition coefficient (Wildman–Crippen LogP) is 2.47. The highest BCUT2D eigenvalue weighted by molar-refractivity contribution is 6.25. The zero-order chi connectivity index (χ0) is 24.8. The number of carboxylic acids is 1. The van der Waals surface area contributed by atoms with Crippen molar-refractivity contribution in [1.82, 2.24) is 5.32 Å². The maximum atomic E-state index is 14.0. The Morgan fingerprint density at radius 2 is 1.71 bits per heavy atom. The first-order valence-electron chi connectivity index (χ1n) is 11.5. The van der Waals surface area contributed by atoms with E-state index in [2.05, 4.69) is 5.32 Å². The molecule has 2 aliphatic rings. The molecule has 2 aromatic carbocycles. The van der Waals surface area contributed by atoms with Crippen molar-refractivity contribution in [2.24, 2.45) is 11.8 Å². The van der Waals surface area contributed by atoms with Gasteiger partial charge in [-0.1, -0.05) is 50.2 Å². The smallest absolute Gasteiger partial charge is 0.327 e. The monoisotopic (exact) mass is 466 g/mol. The van der Waals surface area contributed by atoms with Gasteiger partial charge in [0.25, 0.3) is 0 Å². The Hall–Kier alpha value is -3.23. The molecular formula is C26H30N2O6. The molecule has 2 fully saturated rings. The summed E-state index contributed by atoms with van der Waals surface area (Å²) in [5.74, 6) is -4.31. The van der Waals surface area contributed by atoms with Crippen molar-refractivity contribution in [3.8, 4) is 5.75 Å². The number of fused-ring (bicyclic) bond motifs is 1.